The number of halogens is 3. The minimum atomic E-state index is -4.47. The second-order valence-electron chi connectivity index (χ2n) is 7.55. The van der Waals surface area contributed by atoms with Gasteiger partial charge < -0.3 is 5.11 Å². The molecule has 0 aromatic heterocycles. The van der Waals surface area contributed by atoms with Crippen LogP contribution >= 0.6 is 0 Å². The van der Waals surface area contributed by atoms with E-state index in [1.807, 2.05) is 11.8 Å². The molecule has 1 unspecified atom stereocenters. The molecule has 1 heterocycles. The molecule has 1 aliphatic heterocycles. The summed E-state index contributed by atoms with van der Waals surface area (Å²) in [5.74, 6) is 0.142. The van der Waals surface area contributed by atoms with Crippen LogP contribution in [0.1, 0.15) is 44.2 Å². The van der Waals surface area contributed by atoms with Crippen LogP contribution in [0.2, 0.25) is 0 Å². The van der Waals surface area contributed by atoms with Crippen molar-refractivity contribution in [1.82, 2.24) is 9.21 Å². The number of rotatable bonds is 8. The summed E-state index contributed by atoms with van der Waals surface area (Å²) < 4.78 is 65.0. The number of hydrogen-bond donors (Lipinski definition) is 1. The Morgan fingerprint density at radius 3 is 2.25 bits per heavy atom. The Balaban J connectivity index is 1.96. The first-order chi connectivity index (χ1) is 13.0. The average Bonchev–Trinajstić information content (AvgIpc) is 2.61. The molecule has 0 amide bonds. The number of benzene rings is 1. The van der Waals surface area contributed by atoms with Crippen molar-refractivity contribution in [2.75, 3.05) is 38.5 Å². The van der Waals surface area contributed by atoms with Crippen LogP contribution in [0.15, 0.2) is 24.3 Å². The Hall–Kier alpha value is -1.16. The maximum absolute atomic E-state index is 12.9. The summed E-state index contributed by atoms with van der Waals surface area (Å²) in [5.41, 5.74) is -2.08. The van der Waals surface area contributed by atoms with E-state index in [-0.39, 0.29) is 17.9 Å². The summed E-state index contributed by atoms with van der Waals surface area (Å²) in [6.45, 7) is 5.15. The van der Waals surface area contributed by atoms with Crippen LogP contribution in [-0.4, -0.2) is 61.2 Å². The van der Waals surface area contributed by atoms with Gasteiger partial charge in [0, 0.05) is 32.7 Å². The highest BCUT2D eigenvalue weighted by Crippen LogP contribution is 2.32. The molecule has 1 saturated heterocycles. The number of hydrogen-bond acceptors (Lipinski definition) is 4. The van der Waals surface area contributed by atoms with Crippen molar-refractivity contribution in [2.24, 2.45) is 0 Å². The standard InChI is InChI=1S/C19H29F3N2O3S/c1-3-4-5-13-28(26,27)24-11-9-23(10-12-24)15-18(2,25)16-7-6-8-17(14-16)19(20,21)22/h6-8,14,25H,3-5,9-13,15H2,1-2H3. The number of nitrogens with zero attached hydrogens (tertiary/aromatic N) is 2. The van der Waals surface area contributed by atoms with Gasteiger partial charge in [-0.25, -0.2) is 8.42 Å². The predicted molar refractivity (Wildman–Crippen MR) is 102 cm³/mol. The molecule has 2 rings (SSSR count). The Morgan fingerprint density at radius 1 is 1.07 bits per heavy atom. The maximum Gasteiger partial charge on any atom is 0.416 e. The Bertz CT molecular complexity index is 743. The lowest BCUT2D eigenvalue weighted by molar-refractivity contribution is -0.137. The fourth-order valence-corrected chi connectivity index (χ4v) is 4.93. The van der Waals surface area contributed by atoms with E-state index in [0.717, 1.165) is 25.0 Å². The van der Waals surface area contributed by atoms with Gasteiger partial charge in [-0.3, -0.25) is 4.90 Å². The minimum Gasteiger partial charge on any atom is -0.384 e. The van der Waals surface area contributed by atoms with Crippen LogP contribution in [0.5, 0.6) is 0 Å². The van der Waals surface area contributed by atoms with Gasteiger partial charge in [0.25, 0.3) is 0 Å². The summed E-state index contributed by atoms with van der Waals surface area (Å²) in [6.07, 6.45) is -2.00. The van der Waals surface area contributed by atoms with Gasteiger partial charge in [-0.1, -0.05) is 31.9 Å². The molecular formula is C19H29F3N2O3S. The lowest BCUT2D eigenvalue weighted by Crippen LogP contribution is -2.52. The fourth-order valence-electron chi connectivity index (χ4n) is 3.39. The normalized spacial score (nSPS) is 19.5. The quantitative estimate of drug-likeness (QED) is 0.654. The van der Waals surface area contributed by atoms with E-state index in [0.29, 0.717) is 32.6 Å². The van der Waals surface area contributed by atoms with E-state index in [1.165, 1.54) is 23.4 Å². The molecule has 28 heavy (non-hydrogen) atoms. The average molecular weight is 423 g/mol. The molecule has 1 N–H and O–H groups in total. The minimum absolute atomic E-state index is 0.137. The second-order valence-corrected chi connectivity index (χ2v) is 9.64. The maximum atomic E-state index is 12.9. The topological polar surface area (TPSA) is 60.9 Å². The van der Waals surface area contributed by atoms with Gasteiger partial charge in [-0.05, 0) is 31.0 Å². The van der Waals surface area contributed by atoms with E-state index in [2.05, 4.69) is 0 Å². The summed E-state index contributed by atoms with van der Waals surface area (Å²) >= 11 is 0. The number of alkyl halides is 3. The largest absolute Gasteiger partial charge is 0.416 e. The molecule has 9 heteroatoms. The molecule has 5 nitrogen and oxygen atoms in total. The van der Waals surface area contributed by atoms with Crippen LogP contribution in [-0.2, 0) is 21.8 Å². The third-order valence-electron chi connectivity index (χ3n) is 5.07. The first-order valence-electron chi connectivity index (χ1n) is 9.56. The summed E-state index contributed by atoms with van der Waals surface area (Å²) in [7, 11) is -3.28. The smallest absolute Gasteiger partial charge is 0.384 e. The third kappa shape index (κ3) is 6.17. The molecule has 1 fully saturated rings. The number of piperazine rings is 1. The molecule has 0 aliphatic carbocycles. The molecule has 1 aliphatic rings. The van der Waals surface area contributed by atoms with Crippen molar-refractivity contribution in [3.8, 4) is 0 Å². The second kappa shape index (κ2) is 9.11. The fraction of sp³-hybridized carbons (Fsp3) is 0.684. The Morgan fingerprint density at radius 2 is 1.68 bits per heavy atom. The number of unbranched alkanes of at least 4 members (excludes halogenated alkanes) is 2. The van der Waals surface area contributed by atoms with E-state index in [4.69, 9.17) is 0 Å². The molecule has 0 spiro atoms. The highest BCUT2D eigenvalue weighted by Gasteiger charge is 2.34. The zero-order chi connectivity index (χ0) is 21.0. The molecule has 0 bridgehead atoms. The summed E-state index contributed by atoms with van der Waals surface area (Å²) in [4.78, 5) is 1.89. The first-order valence-corrected chi connectivity index (χ1v) is 11.2. The van der Waals surface area contributed by atoms with Crippen molar-refractivity contribution in [1.29, 1.82) is 0 Å². The number of sulfonamides is 1. The van der Waals surface area contributed by atoms with Gasteiger partial charge in [0.05, 0.1) is 16.9 Å². The number of aliphatic hydroxyl groups is 1. The van der Waals surface area contributed by atoms with Gasteiger partial charge in [0.2, 0.25) is 10.0 Å². The molecule has 0 saturated carbocycles. The highest BCUT2D eigenvalue weighted by molar-refractivity contribution is 7.89. The van der Waals surface area contributed by atoms with Crippen molar-refractivity contribution < 1.29 is 26.7 Å². The predicted octanol–water partition coefficient (Wildman–Crippen LogP) is 3.05. The zero-order valence-corrected chi connectivity index (χ0v) is 17.2. The molecule has 1 aromatic carbocycles. The van der Waals surface area contributed by atoms with E-state index >= 15 is 0 Å². The monoisotopic (exact) mass is 422 g/mol. The molecule has 160 valence electrons. The van der Waals surface area contributed by atoms with Gasteiger partial charge in [-0.2, -0.15) is 17.5 Å². The highest BCUT2D eigenvalue weighted by atomic mass is 32.2. The molecule has 0 radical (unpaired) electrons. The molecular weight excluding hydrogens is 393 g/mol. The number of β-amino-alcohol motifs (C(OH)–C–C–N with tert-alkyl or cyclic N) is 1. The van der Waals surface area contributed by atoms with Crippen molar-refractivity contribution in [3.63, 3.8) is 0 Å². The van der Waals surface area contributed by atoms with Crippen LogP contribution in [0.25, 0.3) is 0 Å². The van der Waals surface area contributed by atoms with Crippen molar-refractivity contribution in [3.05, 3.63) is 35.4 Å². The van der Waals surface area contributed by atoms with E-state index < -0.39 is 27.4 Å². The van der Waals surface area contributed by atoms with Crippen LogP contribution in [0.4, 0.5) is 13.2 Å². The van der Waals surface area contributed by atoms with E-state index in [1.54, 1.807) is 0 Å². The van der Waals surface area contributed by atoms with Gasteiger partial charge in [-0.15, -0.1) is 0 Å². The first kappa shape index (κ1) is 23.1. The lowest BCUT2D eigenvalue weighted by Gasteiger charge is -2.38. The van der Waals surface area contributed by atoms with Gasteiger partial charge in [0.1, 0.15) is 0 Å². The van der Waals surface area contributed by atoms with Crippen LogP contribution in [0.3, 0.4) is 0 Å². The molecule has 1 atom stereocenters. The van der Waals surface area contributed by atoms with Gasteiger partial charge in [0.15, 0.2) is 0 Å². The van der Waals surface area contributed by atoms with Crippen LogP contribution < -0.4 is 0 Å². The third-order valence-corrected chi connectivity index (χ3v) is 7.03. The van der Waals surface area contributed by atoms with Gasteiger partial charge >= 0.3 is 6.18 Å². The van der Waals surface area contributed by atoms with Crippen molar-refractivity contribution in [2.45, 2.75) is 44.9 Å². The SMILES string of the molecule is CCCCCS(=O)(=O)N1CCN(CC(C)(O)c2cccc(C(F)(F)F)c2)CC1. The zero-order valence-electron chi connectivity index (χ0n) is 16.4. The molecule has 1 aromatic rings. The van der Waals surface area contributed by atoms with Crippen LogP contribution in [0, 0.1) is 0 Å². The summed E-state index contributed by atoms with van der Waals surface area (Å²) in [6, 6.07) is 4.70. The summed E-state index contributed by atoms with van der Waals surface area (Å²) in [5, 5.41) is 10.8. The Labute approximate surface area is 165 Å². The Kier molecular flexibility index (Phi) is 7.52. The van der Waals surface area contributed by atoms with E-state index in [9.17, 15) is 26.7 Å². The van der Waals surface area contributed by atoms with Crippen molar-refractivity contribution >= 4 is 10.0 Å². The lowest BCUT2D eigenvalue weighted by atomic mass is 9.93.